The highest BCUT2D eigenvalue weighted by Crippen LogP contribution is 2.47. The van der Waals surface area contributed by atoms with E-state index in [0.29, 0.717) is 23.5 Å². The molecule has 0 aromatic heterocycles. The van der Waals surface area contributed by atoms with E-state index in [1.165, 1.54) is 12.1 Å². The summed E-state index contributed by atoms with van der Waals surface area (Å²) >= 11 is 5.45. The molecule has 2 saturated carbocycles. The van der Waals surface area contributed by atoms with Gasteiger partial charge in [0.1, 0.15) is 28.3 Å². The molecule has 0 saturated heterocycles. The third-order valence-electron chi connectivity index (χ3n) is 6.82. The summed E-state index contributed by atoms with van der Waals surface area (Å²) in [6.45, 7) is 2.76. The van der Waals surface area contributed by atoms with E-state index in [0.717, 1.165) is 57.3 Å². The maximum absolute atomic E-state index is 14.7. The van der Waals surface area contributed by atoms with Crippen LogP contribution in [-0.4, -0.2) is 12.7 Å². The summed E-state index contributed by atoms with van der Waals surface area (Å²) in [4.78, 5) is 0. The monoisotopic (exact) mass is 464 g/mol. The summed E-state index contributed by atoms with van der Waals surface area (Å²) in [6, 6.07) is 4.57. The van der Waals surface area contributed by atoms with E-state index in [1.807, 2.05) is 6.92 Å². The lowest BCUT2D eigenvalue weighted by atomic mass is 9.65. The molecule has 1 nitrogen and oxygen atoms in total. The van der Waals surface area contributed by atoms with E-state index in [9.17, 15) is 17.6 Å². The number of hydrogen-bond donors (Lipinski definition) is 0. The van der Waals surface area contributed by atoms with Gasteiger partial charge >= 0.3 is 0 Å². The van der Waals surface area contributed by atoms with Crippen LogP contribution in [0.5, 0.6) is 0 Å². The lowest BCUT2D eigenvalue weighted by Gasteiger charge is -2.42. The molecule has 170 valence electrons. The van der Waals surface area contributed by atoms with Crippen molar-refractivity contribution in [3.8, 4) is 11.8 Å². The van der Waals surface area contributed by atoms with Crippen LogP contribution in [0.2, 0.25) is 5.02 Å². The SMILES string of the molecule is CCOC1CCC2CC(c3cc(F)c(C#Cc4cc(F)c(Cl)c(F)c4)c(F)c3)CCC2C1. The molecular formula is C26H25ClF4O. The highest BCUT2D eigenvalue weighted by molar-refractivity contribution is 6.30. The fourth-order valence-electron chi connectivity index (χ4n) is 5.25. The minimum absolute atomic E-state index is 0.0479. The molecule has 2 aliphatic carbocycles. The van der Waals surface area contributed by atoms with Crippen LogP contribution in [0.15, 0.2) is 24.3 Å². The summed E-state index contributed by atoms with van der Waals surface area (Å²) in [5.74, 6) is 2.63. The third kappa shape index (κ3) is 4.97. The van der Waals surface area contributed by atoms with Gasteiger partial charge in [0.25, 0.3) is 0 Å². The summed E-state index contributed by atoms with van der Waals surface area (Å²) < 4.78 is 62.4. The van der Waals surface area contributed by atoms with Gasteiger partial charge < -0.3 is 4.74 Å². The molecule has 0 spiro atoms. The quantitative estimate of drug-likeness (QED) is 0.261. The fourth-order valence-corrected chi connectivity index (χ4v) is 5.36. The van der Waals surface area contributed by atoms with E-state index in [1.54, 1.807) is 0 Å². The predicted octanol–water partition coefficient (Wildman–Crippen LogP) is 7.39. The van der Waals surface area contributed by atoms with Crippen molar-refractivity contribution in [3.05, 3.63) is 69.2 Å². The van der Waals surface area contributed by atoms with Crippen LogP contribution in [0.1, 0.15) is 68.1 Å². The second-order valence-electron chi connectivity index (χ2n) is 8.78. The standard InChI is InChI=1S/C26H25ClF4O/c1-2-32-20-7-6-16-11-17(4-5-18(16)12-20)19-13-22(28)21(23(29)14-19)8-3-15-9-24(30)26(27)25(31)10-15/h9-10,13-14,16-18,20H,2,4-7,11-12H2,1H3. The number of hydrogen-bond acceptors (Lipinski definition) is 1. The van der Waals surface area contributed by atoms with Crippen molar-refractivity contribution in [2.75, 3.05) is 6.61 Å². The summed E-state index contributed by atoms with van der Waals surface area (Å²) in [7, 11) is 0. The van der Waals surface area contributed by atoms with Crippen LogP contribution in [-0.2, 0) is 4.74 Å². The number of benzene rings is 2. The molecule has 0 aliphatic heterocycles. The molecule has 0 heterocycles. The Labute approximate surface area is 191 Å². The van der Waals surface area contributed by atoms with Crippen molar-refractivity contribution in [3.63, 3.8) is 0 Å². The molecule has 4 atom stereocenters. The second-order valence-corrected chi connectivity index (χ2v) is 9.16. The van der Waals surface area contributed by atoms with Crippen molar-refractivity contribution < 1.29 is 22.3 Å². The largest absolute Gasteiger partial charge is 0.378 e. The maximum atomic E-state index is 14.7. The molecule has 32 heavy (non-hydrogen) atoms. The van der Waals surface area contributed by atoms with Crippen molar-refractivity contribution in [2.24, 2.45) is 11.8 Å². The normalized spacial score (nSPS) is 25.1. The van der Waals surface area contributed by atoms with Crippen molar-refractivity contribution in [1.82, 2.24) is 0 Å². The Morgan fingerprint density at radius 2 is 1.47 bits per heavy atom. The Morgan fingerprint density at radius 1 is 0.844 bits per heavy atom. The van der Waals surface area contributed by atoms with Crippen molar-refractivity contribution >= 4 is 11.6 Å². The van der Waals surface area contributed by atoms with Crippen LogP contribution in [0.4, 0.5) is 17.6 Å². The zero-order valence-electron chi connectivity index (χ0n) is 17.9. The number of ether oxygens (including phenoxy) is 1. The molecule has 0 radical (unpaired) electrons. The van der Waals surface area contributed by atoms with E-state index in [-0.39, 0.29) is 11.5 Å². The van der Waals surface area contributed by atoms with Crippen molar-refractivity contribution in [2.45, 2.75) is 57.5 Å². The fraction of sp³-hybridized carbons (Fsp3) is 0.462. The summed E-state index contributed by atoms with van der Waals surface area (Å²) in [6.07, 6.45) is 6.42. The minimum atomic E-state index is -0.974. The molecule has 2 fully saturated rings. The van der Waals surface area contributed by atoms with E-state index in [4.69, 9.17) is 16.3 Å². The van der Waals surface area contributed by atoms with Crippen LogP contribution >= 0.6 is 11.6 Å². The predicted molar refractivity (Wildman–Crippen MR) is 117 cm³/mol. The zero-order valence-corrected chi connectivity index (χ0v) is 18.6. The minimum Gasteiger partial charge on any atom is -0.378 e. The molecule has 4 rings (SSSR count). The first kappa shape index (κ1) is 23.1. The first-order valence-electron chi connectivity index (χ1n) is 11.1. The van der Waals surface area contributed by atoms with Crippen LogP contribution in [0, 0.1) is 46.9 Å². The van der Waals surface area contributed by atoms with Crippen LogP contribution < -0.4 is 0 Å². The van der Waals surface area contributed by atoms with Gasteiger partial charge in [0.15, 0.2) is 0 Å². The summed E-state index contributed by atoms with van der Waals surface area (Å²) in [5, 5.41) is -0.640. The smallest absolute Gasteiger partial charge is 0.146 e. The van der Waals surface area contributed by atoms with Gasteiger partial charge in [0.05, 0.1) is 11.7 Å². The molecule has 2 aromatic rings. The highest BCUT2D eigenvalue weighted by Gasteiger charge is 2.36. The van der Waals surface area contributed by atoms with Gasteiger partial charge in [-0.25, -0.2) is 17.6 Å². The van der Waals surface area contributed by atoms with Gasteiger partial charge in [-0.3, -0.25) is 0 Å². The van der Waals surface area contributed by atoms with Crippen LogP contribution in [0.25, 0.3) is 0 Å². The van der Waals surface area contributed by atoms with Crippen molar-refractivity contribution in [1.29, 1.82) is 0 Å². The Hall–Kier alpha value is -2.03. The van der Waals surface area contributed by atoms with Gasteiger partial charge in [-0.1, -0.05) is 23.4 Å². The van der Waals surface area contributed by atoms with Gasteiger partial charge in [0.2, 0.25) is 0 Å². The van der Waals surface area contributed by atoms with Gasteiger partial charge in [-0.15, -0.1) is 0 Å². The Kier molecular flexibility index (Phi) is 7.12. The first-order chi connectivity index (χ1) is 15.4. The molecule has 4 unspecified atom stereocenters. The molecule has 0 amide bonds. The molecule has 2 aliphatic rings. The first-order valence-corrected chi connectivity index (χ1v) is 11.5. The zero-order chi connectivity index (χ0) is 22.8. The third-order valence-corrected chi connectivity index (χ3v) is 7.18. The average Bonchev–Trinajstić information content (AvgIpc) is 2.76. The highest BCUT2D eigenvalue weighted by atomic mass is 35.5. The van der Waals surface area contributed by atoms with E-state index in [2.05, 4.69) is 11.8 Å². The Balaban J connectivity index is 1.50. The lowest BCUT2D eigenvalue weighted by Crippen LogP contribution is -2.33. The molecular weight excluding hydrogens is 440 g/mol. The molecule has 6 heteroatoms. The summed E-state index contributed by atoms with van der Waals surface area (Å²) in [5.41, 5.74) is 0.197. The van der Waals surface area contributed by atoms with E-state index < -0.39 is 33.9 Å². The maximum Gasteiger partial charge on any atom is 0.146 e. The second kappa shape index (κ2) is 9.85. The van der Waals surface area contributed by atoms with Gasteiger partial charge in [0, 0.05) is 12.2 Å². The lowest BCUT2D eigenvalue weighted by molar-refractivity contribution is -0.00957. The van der Waals surface area contributed by atoms with Gasteiger partial charge in [-0.2, -0.15) is 0 Å². The Bertz CT molecular complexity index is 1010. The topological polar surface area (TPSA) is 9.23 Å². The Morgan fingerprint density at radius 3 is 2.12 bits per heavy atom. The molecule has 0 N–H and O–H groups in total. The average molecular weight is 465 g/mol. The number of halogens is 5. The van der Waals surface area contributed by atoms with Gasteiger partial charge in [-0.05, 0) is 93.0 Å². The van der Waals surface area contributed by atoms with E-state index >= 15 is 0 Å². The number of rotatable bonds is 3. The molecule has 0 bridgehead atoms. The van der Waals surface area contributed by atoms with Crippen LogP contribution in [0.3, 0.4) is 0 Å². The number of fused-ring (bicyclic) bond motifs is 1. The molecule has 2 aromatic carbocycles.